The van der Waals surface area contributed by atoms with Crippen molar-refractivity contribution in [1.82, 2.24) is 0 Å². The van der Waals surface area contributed by atoms with E-state index in [0.29, 0.717) is 0 Å². The molecule has 4 unspecified atom stereocenters. The quantitative estimate of drug-likeness (QED) is 0.872. The van der Waals surface area contributed by atoms with E-state index in [1.165, 1.54) is 42.8 Å². The zero-order valence-electron chi connectivity index (χ0n) is 12.6. The Morgan fingerprint density at radius 2 is 2.05 bits per heavy atom. The van der Waals surface area contributed by atoms with Crippen molar-refractivity contribution < 1.29 is 0 Å². The van der Waals surface area contributed by atoms with Crippen LogP contribution in [-0.2, 0) is 0 Å². The normalized spacial score (nSPS) is 33.1. The van der Waals surface area contributed by atoms with Gasteiger partial charge in [-0.2, -0.15) is 0 Å². The van der Waals surface area contributed by atoms with E-state index in [0.717, 1.165) is 30.2 Å². The standard InChI is InChI=1S/C18H27NS/c1-2-13-7-8-14(11-19)15(9-13)10-16-12-20-18-6-4-3-5-17(16)18/h3-6,13-16H,2,7-12,19H2,1H3. The largest absolute Gasteiger partial charge is 0.330 e. The van der Waals surface area contributed by atoms with Crippen molar-refractivity contribution in [2.24, 2.45) is 23.5 Å². The van der Waals surface area contributed by atoms with Gasteiger partial charge in [0.15, 0.2) is 0 Å². The van der Waals surface area contributed by atoms with Gasteiger partial charge in [0.25, 0.3) is 0 Å². The van der Waals surface area contributed by atoms with Crippen LogP contribution in [0.3, 0.4) is 0 Å². The van der Waals surface area contributed by atoms with Gasteiger partial charge in [-0.25, -0.2) is 0 Å². The van der Waals surface area contributed by atoms with E-state index >= 15 is 0 Å². The van der Waals surface area contributed by atoms with Gasteiger partial charge in [-0.05, 0) is 61.1 Å². The summed E-state index contributed by atoms with van der Waals surface area (Å²) < 4.78 is 0. The van der Waals surface area contributed by atoms with Gasteiger partial charge in [-0.3, -0.25) is 0 Å². The summed E-state index contributed by atoms with van der Waals surface area (Å²) in [5, 5.41) is 0. The highest BCUT2D eigenvalue weighted by Crippen LogP contribution is 2.46. The molecule has 0 aromatic heterocycles. The third-order valence-corrected chi connectivity index (χ3v) is 6.77. The number of rotatable bonds is 4. The minimum atomic E-state index is 0.769. The molecule has 1 aliphatic heterocycles. The van der Waals surface area contributed by atoms with Crippen LogP contribution in [0.1, 0.15) is 50.5 Å². The molecule has 1 aromatic carbocycles. The van der Waals surface area contributed by atoms with Crippen molar-refractivity contribution in [3.05, 3.63) is 29.8 Å². The topological polar surface area (TPSA) is 26.0 Å². The molecule has 0 saturated heterocycles. The highest BCUT2D eigenvalue weighted by molar-refractivity contribution is 7.99. The van der Waals surface area contributed by atoms with Crippen LogP contribution in [0.5, 0.6) is 0 Å². The third-order valence-electron chi connectivity index (χ3n) is 5.51. The average molecular weight is 289 g/mol. The second-order valence-corrected chi connectivity index (χ2v) is 7.69. The van der Waals surface area contributed by atoms with E-state index in [2.05, 4.69) is 31.2 Å². The van der Waals surface area contributed by atoms with Crippen LogP contribution in [-0.4, -0.2) is 12.3 Å². The molecule has 110 valence electrons. The molecule has 1 saturated carbocycles. The summed E-state index contributed by atoms with van der Waals surface area (Å²) >= 11 is 2.05. The lowest BCUT2D eigenvalue weighted by molar-refractivity contribution is 0.165. The first-order valence-corrected chi connectivity index (χ1v) is 9.22. The van der Waals surface area contributed by atoms with Gasteiger partial charge in [0.1, 0.15) is 0 Å². The summed E-state index contributed by atoms with van der Waals surface area (Å²) in [4.78, 5) is 1.52. The van der Waals surface area contributed by atoms with Crippen LogP contribution in [0.15, 0.2) is 29.2 Å². The predicted molar refractivity (Wildman–Crippen MR) is 88.2 cm³/mol. The maximum atomic E-state index is 6.04. The van der Waals surface area contributed by atoms with Crippen LogP contribution >= 0.6 is 11.8 Å². The Kier molecular flexibility index (Phi) is 4.72. The first kappa shape index (κ1) is 14.5. The maximum Gasteiger partial charge on any atom is 0.0107 e. The zero-order chi connectivity index (χ0) is 13.9. The Morgan fingerprint density at radius 1 is 1.20 bits per heavy atom. The number of nitrogens with two attached hydrogens (primary N) is 1. The molecular weight excluding hydrogens is 262 g/mol. The van der Waals surface area contributed by atoms with Crippen molar-refractivity contribution in [1.29, 1.82) is 0 Å². The van der Waals surface area contributed by atoms with Crippen LogP contribution < -0.4 is 5.73 Å². The Bertz CT molecular complexity index is 445. The van der Waals surface area contributed by atoms with Crippen LogP contribution in [0.4, 0.5) is 0 Å². The van der Waals surface area contributed by atoms with Gasteiger partial charge in [0.2, 0.25) is 0 Å². The lowest BCUT2D eigenvalue weighted by Crippen LogP contribution is -2.31. The molecule has 2 heteroatoms. The fourth-order valence-corrected chi connectivity index (χ4v) is 5.46. The molecule has 3 rings (SSSR count). The molecule has 2 N–H and O–H groups in total. The second kappa shape index (κ2) is 6.53. The Labute approximate surface area is 127 Å². The summed E-state index contributed by atoms with van der Waals surface area (Å²) in [5.74, 6) is 4.63. The van der Waals surface area contributed by atoms with Crippen LogP contribution in [0.2, 0.25) is 0 Å². The van der Waals surface area contributed by atoms with Gasteiger partial charge in [0.05, 0.1) is 0 Å². The molecule has 1 aromatic rings. The summed E-state index contributed by atoms with van der Waals surface area (Å²) in [6.45, 7) is 3.24. The Hall–Kier alpha value is -0.470. The molecule has 2 aliphatic rings. The molecule has 1 fully saturated rings. The van der Waals surface area contributed by atoms with Crippen LogP contribution in [0.25, 0.3) is 0 Å². The monoisotopic (exact) mass is 289 g/mol. The fourth-order valence-electron chi connectivity index (χ4n) is 4.18. The SMILES string of the molecule is CCC1CCC(CN)C(CC2CSc3ccccc32)C1. The first-order valence-electron chi connectivity index (χ1n) is 8.23. The molecule has 0 radical (unpaired) electrons. The summed E-state index contributed by atoms with van der Waals surface area (Å²) in [6, 6.07) is 9.01. The average Bonchev–Trinajstić information content (AvgIpc) is 2.90. The summed E-state index contributed by atoms with van der Waals surface area (Å²) in [6.07, 6.45) is 6.90. The minimum Gasteiger partial charge on any atom is -0.330 e. The second-order valence-electron chi connectivity index (χ2n) is 6.62. The van der Waals surface area contributed by atoms with Gasteiger partial charge >= 0.3 is 0 Å². The van der Waals surface area contributed by atoms with Crippen molar-refractivity contribution in [2.45, 2.75) is 49.8 Å². The smallest absolute Gasteiger partial charge is 0.0107 e. The summed E-state index contributed by atoms with van der Waals surface area (Å²) in [7, 11) is 0. The molecule has 0 bridgehead atoms. The molecule has 20 heavy (non-hydrogen) atoms. The first-order chi connectivity index (χ1) is 9.81. The number of hydrogen-bond donors (Lipinski definition) is 1. The Morgan fingerprint density at radius 3 is 2.85 bits per heavy atom. The Balaban J connectivity index is 1.70. The molecule has 1 heterocycles. The van der Waals surface area contributed by atoms with Gasteiger partial charge in [-0.1, -0.05) is 38.0 Å². The van der Waals surface area contributed by atoms with Gasteiger partial charge < -0.3 is 5.73 Å². The van der Waals surface area contributed by atoms with Crippen molar-refractivity contribution in [3.63, 3.8) is 0 Å². The molecule has 4 atom stereocenters. The number of thioether (sulfide) groups is 1. The van der Waals surface area contributed by atoms with E-state index in [4.69, 9.17) is 5.73 Å². The van der Waals surface area contributed by atoms with Gasteiger partial charge in [-0.15, -0.1) is 11.8 Å². The molecular formula is C18H27NS. The van der Waals surface area contributed by atoms with E-state index in [1.54, 1.807) is 5.56 Å². The van der Waals surface area contributed by atoms with Crippen molar-refractivity contribution >= 4 is 11.8 Å². The number of benzene rings is 1. The summed E-state index contributed by atoms with van der Waals surface area (Å²) in [5.41, 5.74) is 7.65. The van der Waals surface area contributed by atoms with E-state index < -0.39 is 0 Å². The number of fused-ring (bicyclic) bond motifs is 1. The third kappa shape index (κ3) is 2.92. The van der Waals surface area contributed by atoms with E-state index in [1.807, 2.05) is 11.8 Å². The fraction of sp³-hybridized carbons (Fsp3) is 0.667. The molecule has 1 nitrogen and oxygen atoms in total. The van der Waals surface area contributed by atoms with E-state index in [9.17, 15) is 0 Å². The van der Waals surface area contributed by atoms with Gasteiger partial charge in [0, 0.05) is 10.6 Å². The molecule has 1 aliphatic carbocycles. The van der Waals surface area contributed by atoms with Crippen molar-refractivity contribution in [2.75, 3.05) is 12.3 Å². The molecule has 0 amide bonds. The zero-order valence-corrected chi connectivity index (χ0v) is 13.4. The maximum absolute atomic E-state index is 6.04. The lowest BCUT2D eigenvalue weighted by Gasteiger charge is -2.36. The predicted octanol–water partition coefficient (Wildman–Crippen LogP) is 4.67. The number of hydrogen-bond acceptors (Lipinski definition) is 2. The molecule has 0 spiro atoms. The lowest BCUT2D eigenvalue weighted by atomic mass is 9.69. The minimum absolute atomic E-state index is 0.769. The highest BCUT2D eigenvalue weighted by Gasteiger charge is 2.33. The van der Waals surface area contributed by atoms with Crippen LogP contribution in [0, 0.1) is 17.8 Å². The van der Waals surface area contributed by atoms with Crippen molar-refractivity contribution in [3.8, 4) is 0 Å². The highest BCUT2D eigenvalue weighted by atomic mass is 32.2. The van der Waals surface area contributed by atoms with E-state index in [-0.39, 0.29) is 0 Å².